The summed E-state index contributed by atoms with van der Waals surface area (Å²) in [5.74, 6) is 1.15. The van der Waals surface area contributed by atoms with E-state index in [0.717, 1.165) is 25.0 Å². The van der Waals surface area contributed by atoms with Crippen LogP contribution < -0.4 is 10.6 Å². The molecule has 3 N–H and O–H groups in total. The second-order valence-electron chi connectivity index (χ2n) is 5.19. The Morgan fingerprint density at radius 2 is 2.21 bits per heavy atom. The summed E-state index contributed by atoms with van der Waals surface area (Å²) in [4.78, 5) is 11.7. The predicted molar refractivity (Wildman–Crippen MR) is 81.6 cm³/mol. The van der Waals surface area contributed by atoms with Crippen molar-refractivity contribution in [3.05, 3.63) is 0 Å². The van der Waals surface area contributed by atoms with Crippen molar-refractivity contribution in [2.24, 2.45) is 0 Å². The number of carbonyl (C=O) groups is 1. The molecule has 5 heteroatoms. The van der Waals surface area contributed by atoms with Gasteiger partial charge in [-0.15, -0.1) is 0 Å². The third kappa shape index (κ3) is 7.06. The highest BCUT2D eigenvalue weighted by atomic mass is 32.2. The molecule has 0 heterocycles. The number of amides is 2. The summed E-state index contributed by atoms with van der Waals surface area (Å²) >= 11 is 2.00. The van der Waals surface area contributed by atoms with Crippen LogP contribution >= 0.6 is 11.8 Å². The molecule has 1 aliphatic carbocycles. The molecule has 1 saturated carbocycles. The summed E-state index contributed by atoms with van der Waals surface area (Å²) in [5.41, 5.74) is 0. The highest BCUT2D eigenvalue weighted by molar-refractivity contribution is 7.99. The number of rotatable bonds is 7. The van der Waals surface area contributed by atoms with Gasteiger partial charge < -0.3 is 15.7 Å². The molecule has 1 fully saturated rings. The van der Waals surface area contributed by atoms with Crippen LogP contribution in [0.2, 0.25) is 0 Å². The molecule has 0 aromatic rings. The average molecular weight is 288 g/mol. The molecule has 0 aromatic heterocycles. The molecule has 19 heavy (non-hydrogen) atoms. The van der Waals surface area contributed by atoms with Crippen molar-refractivity contribution in [2.75, 3.05) is 12.3 Å². The van der Waals surface area contributed by atoms with Crippen LogP contribution in [0.25, 0.3) is 0 Å². The topological polar surface area (TPSA) is 61.4 Å². The normalized spacial score (nSPS) is 24.8. The van der Waals surface area contributed by atoms with Crippen LogP contribution in [0.1, 0.15) is 52.4 Å². The second kappa shape index (κ2) is 9.48. The van der Waals surface area contributed by atoms with E-state index in [1.54, 1.807) is 0 Å². The predicted octanol–water partition coefficient (Wildman–Crippen LogP) is 2.51. The fourth-order valence-corrected chi connectivity index (χ4v) is 3.63. The molecule has 0 radical (unpaired) electrons. The Labute approximate surface area is 121 Å². The average Bonchev–Trinajstić information content (AvgIpc) is 2.39. The van der Waals surface area contributed by atoms with Crippen molar-refractivity contribution in [1.29, 1.82) is 0 Å². The van der Waals surface area contributed by atoms with E-state index < -0.39 is 0 Å². The first kappa shape index (κ1) is 16.6. The Hall–Kier alpha value is -0.420. The SMILES string of the molecule is CCSC1CCCC(NC(=O)NCCC(O)CC)C1. The molecule has 1 aliphatic rings. The third-order valence-corrected chi connectivity index (χ3v) is 4.83. The van der Waals surface area contributed by atoms with Crippen LogP contribution in [0.5, 0.6) is 0 Å². The molecule has 3 unspecified atom stereocenters. The van der Waals surface area contributed by atoms with Gasteiger partial charge in [0, 0.05) is 17.8 Å². The molecular formula is C14H28N2O2S. The van der Waals surface area contributed by atoms with Crippen molar-refractivity contribution in [2.45, 2.75) is 69.8 Å². The fourth-order valence-electron chi connectivity index (χ4n) is 2.46. The maximum absolute atomic E-state index is 11.7. The number of hydrogen-bond acceptors (Lipinski definition) is 3. The fraction of sp³-hybridized carbons (Fsp3) is 0.929. The number of hydrogen-bond donors (Lipinski definition) is 3. The zero-order valence-corrected chi connectivity index (χ0v) is 13.0. The highest BCUT2D eigenvalue weighted by Crippen LogP contribution is 2.28. The number of aliphatic hydroxyl groups is 1. The molecule has 2 amide bonds. The Morgan fingerprint density at radius 1 is 1.42 bits per heavy atom. The monoisotopic (exact) mass is 288 g/mol. The molecule has 0 saturated heterocycles. The number of carbonyl (C=O) groups excluding carboxylic acids is 1. The van der Waals surface area contributed by atoms with Crippen LogP contribution in [0, 0.1) is 0 Å². The first-order chi connectivity index (χ1) is 9.15. The van der Waals surface area contributed by atoms with E-state index >= 15 is 0 Å². The van der Waals surface area contributed by atoms with E-state index in [9.17, 15) is 9.90 Å². The lowest BCUT2D eigenvalue weighted by atomic mass is 9.95. The molecular weight excluding hydrogens is 260 g/mol. The van der Waals surface area contributed by atoms with E-state index in [1.807, 2.05) is 18.7 Å². The summed E-state index contributed by atoms with van der Waals surface area (Å²) in [5, 5.41) is 16.0. The minimum Gasteiger partial charge on any atom is -0.393 e. The van der Waals surface area contributed by atoms with Crippen LogP contribution in [0.3, 0.4) is 0 Å². The van der Waals surface area contributed by atoms with Gasteiger partial charge in [-0.05, 0) is 37.9 Å². The molecule has 0 spiro atoms. The van der Waals surface area contributed by atoms with Gasteiger partial charge in [0.15, 0.2) is 0 Å². The van der Waals surface area contributed by atoms with Gasteiger partial charge in [0.05, 0.1) is 6.10 Å². The van der Waals surface area contributed by atoms with E-state index in [0.29, 0.717) is 24.3 Å². The van der Waals surface area contributed by atoms with Crippen molar-refractivity contribution in [3.63, 3.8) is 0 Å². The first-order valence-corrected chi connectivity index (χ1v) is 8.54. The Morgan fingerprint density at radius 3 is 2.89 bits per heavy atom. The largest absolute Gasteiger partial charge is 0.393 e. The van der Waals surface area contributed by atoms with Gasteiger partial charge in [-0.1, -0.05) is 20.3 Å². The second-order valence-corrected chi connectivity index (χ2v) is 6.77. The van der Waals surface area contributed by atoms with Gasteiger partial charge in [0.2, 0.25) is 0 Å². The molecule has 3 atom stereocenters. The summed E-state index contributed by atoms with van der Waals surface area (Å²) in [6.07, 6.45) is 5.72. The lowest BCUT2D eigenvalue weighted by Gasteiger charge is -2.29. The van der Waals surface area contributed by atoms with Crippen molar-refractivity contribution >= 4 is 17.8 Å². The van der Waals surface area contributed by atoms with Gasteiger partial charge in [-0.2, -0.15) is 11.8 Å². The van der Waals surface area contributed by atoms with E-state index in [1.165, 1.54) is 12.8 Å². The maximum Gasteiger partial charge on any atom is 0.315 e. The van der Waals surface area contributed by atoms with Gasteiger partial charge in [-0.25, -0.2) is 4.79 Å². The van der Waals surface area contributed by atoms with Gasteiger partial charge in [0.1, 0.15) is 0 Å². The number of thioether (sulfide) groups is 1. The molecule has 4 nitrogen and oxygen atoms in total. The van der Waals surface area contributed by atoms with Gasteiger partial charge >= 0.3 is 6.03 Å². The minimum absolute atomic E-state index is 0.0875. The number of urea groups is 1. The van der Waals surface area contributed by atoms with Crippen molar-refractivity contribution < 1.29 is 9.90 Å². The number of aliphatic hydroxyl groups excluding tert-OH is 1. The summed E-state index contributed by atoms with van der Waals surface area (Å²) < 4.78 is 0. The molecule has 112 valence electrons. The minimum atomic E-state index is -0.305. The van der Waals surface area contributed by atoms with Crippen molar-refractivity contribution in [3.8, 4) is 0 Å². The Bertz CT molecular complexity index is 262. The smallest absolute Gasteiger partial charge is 0.315 e. The number of nitrogens with one attached hydrogen (secondary N) is 2. The lowest BCUT2D eigenvalue weighted by molar-refractivity contribution is 0.159. The summed E-state index contributed by atoms with van der Waals surface area (Å²) in [7, 11) is 0. The Balaban J connectivity index is 2.17. The Kier molecular flexibility index (Phi) is 8.30. The van der Waals surface area contributed by atoms with Gasteiger partial charge in [-0.3, -0.25) is 0 Å². The van der Waals surface area contributed by atoms with Gasteiger partial charge in [0.25, 0.3) is 0 Å². The maximum atomic E-state index is 11.7. The molecule has 0 bridgehead atoms. The lowest BCUT2D eigenvalue weighted by Crippen LogP contribution is -2.45. The van der Waals surface area contributed by atoms with Crippen molar-refractivity contribution in [1.82, 2.24) is 10.6 Å². The van der Waals surface area contributed by atoms with E-state index in [2.05, 4.69) is 17.6 Å². The van der Waals surface area contributed by atoms with E-state index in [-0.39, 0.29) is 12.1 Å². The first-order valence-electron chi connectivity index (χ1n) is 7.49. The third-order valence-electron chi connectivity index (χ3n) is 3.60. The zero-order valence-electron chi connectivity index (χ0n) is 12.2. The van der Waals surface area contributed by atoms with E-state index in [4.69, 9.17) is 0 Å². The molecule has 0 aliphatic heterocycles. The van der Waals surface area contributed by atoms with Crippen LogP contribution in [0.15, 0.2) is 0 Å². The molecule has 0 aromatic carbocycles. The molecule has 1 rings (SSSR count). The van der Waals surface area contributed by atoms with Crippen LogP contribution in [0.4, 0.5) is 4.79 Å². The quantitative estimate of drug-likeness (QED) is 0.674. The standard InChI is InChI=1S/C14H28N2O2S/c1-3-12(17)8-9-15-14(18)16-11-6-5-7-13(10-11)19-4-2/h11-13,17H,3-10H2,1-2H3,(H2,15,16,18). The zero-order chi connectivity index (χ0) is 14.1. The highest BCUT2D eigenvalue weighted by Gasteiger charge is 2.22. The van der Waals surface area contributed by atoms with Crippen LogP contribution in [-0.2, 0) is 0 Å². The van der Waals surface area contributed by atoms with Crippen LogP contribution in [-0.4, -0.2) is 40.8 Å². The summed E-state index contributed by atoms with van der Waals surface area (Å²) in [6, 6.07) is 0.226. The summed E-state index contributed by atoms with van der Waals surface area (Å²) in [6.45, 7) is 4.67.